The summed E-state index contributed by atoms with van der Waals surface area (Å²) in [5.41, 5.74) is -0.444. The van der Waals surface area contributed by atoms with E-state index in [9.17, 15) is 40.7 Å². The van der Waals surface area contributed by atoms with Gasteiger partial charge in [0.25, 0.3) is 0 Å². The summed E-state index contributed by atoms with van der Waals surface area (Å²) in [5, 5.41) is -0.502. The minimum atomic E-state index is -4.34. The van der Waals surface area contributed by atoms with Crippen molar-refractivity contribution in [3.05, 3.63) is 69.7 Å². The van der Waals surface area contributed by atoms with Crippen LogP contribution in [0.4, 0.5) is 31.1 Å². The third kappa shape index (κ3) is 4.97. The zero-order valence-electron chi connectivity index (χ0n) is 16.9. The number of rotatable bonds is 6. The molecule has 4 amide bonds. The molecule has 12 heteroatoms. The van der Waals surface area contributed by atoms with Crippen LogP contribution in [0.2, 0.25) is 5.02 Å². The number of hydrogen-bond donors (Lipinski definition) is 0. The molecule has 0 radical (unpaired) electrons. The van der Waals surface area contributed by atoms with Gasteiger partial charge in [0, 0.05) is 0 Å². The van der Waals surface area contributed by atoms with E-state index in [1.807, 2.05) is 0 Å². The van der Waals surface area contributed by atoms with Gasteiger partial charge in [-0.2, -0.15) is 17.6 Å². The number of urea groups is 1. The van der Waals surface area contributed by atoms with Gasteiger partial charge in [-0.1, -0.05) is 29.8 Å². The van der Waals surface area contributed by atoms with Crippen molar-refractivity contribution in [1.29, 1.82) is 0 Å². The molecule has 0 unspecified atom stereocenters. The summed E-state index contributed by atoms with van der Waals surface area (Å²) in [4.78, 5) is 35.3. The maximum Gasteiger partial charge on any atom is 0.342 e. The molecule has 0 atom stereocenters. The molecule has 2 aromatic carbocycles. The van der Waals surface area contributed by atoms with Crippen LogP contribution >= 0.6 is 11.6 Å². The monoisotopic (exact) mass is 492 g/mol. The van der Waals surface area contributed by atoms with Gasteiger partial charge in [0.1, 0.15) is 18.1 Å². The zero-order valence-corrected chi connectivity index (χ0v) is 17.6. The van der Waals surface area contributed by atoms with Gasteiger partial charge in [0.15, 0.2) is 0 Å². The van der Waals surface area contributed by atoms with E-state index in [-0.39, 0.29) is 16.7 Å². The van der Waals surface area contributed by atoms with E-state index in [1.165, 1.54) is 6.92 Å². The first-order valence-corrected chi connectivity index (χ1v) is 9.75. The molecule has 2 aromatic rings. The molecule has 0 spiro atoms. The number of nitrogens with zero attached hydrogens (tertiary/aromatic N) is 2. The fourth-order valence-corrected chi connectivity index (χ4v) is 3.56. The lowest BCUT2D eigenvalue weighted by Crippen LogP contribution is -2.65. The Hall–Kier alpha value is -3.08. The number of aryl methyl sites for hydroxylation is 1. The van der Waals surface area contributed by atoms with Gasteiger partial charge < -0.3 is 0 Å². The van der Waals surface area contributed by atoms with Crippen LogP contribution in [0.25, 0.3) is 0 Å². The number of barbiturate groups is 1. The van der Waals surface area contributed by atoms with Crippen LogP contribution < -0.4 is 0 Å². The number of benzene rings is 2. The molecule has 1 aliphatic heterocycles. The molecule has 0 aliphatic carbocycles. The average Bonchev–Trinajstić information content (AvgIpc) is 2.66. The standard InChI is InChI=1S/C21H15ClF6N2O3/c1-11-6-12(2-4-15(11)23)9-20(25,26)29-17(31)8-18(32)30(19(29)33)21(27,28)10-13-3-5-16(24)14(22)7-13/h2-7H,8-10H2,1H3. The fraction of sp³-hybridized carbons (Fsp3) is 0.286. The molecular weight excluding hydrogens is 478 g/mol. The number of carbonyl (C=O) groups is 3. The molecule has 176 valence electrons. The van der Waals surface area contributed by atoms with Crippen molar-refractivity contribution < 1.29 is 40.7 Å². The summed E-state index contributed by atoms with van der Waals surface area (Å²) in [6.45, 7) is 1.30. The first-order chi connectivity index (χ1) is 15.2. The summed E-state index contributed by atoms with van der Waals surface area (Å²) in [7, 11) is 0. The predicted octanol–water partition coefficient (Wildman–Crippen LogP) is 5.08. The molecule has 1 fully saturated rings. The van der Waals surface area contributed by atoms with Crippen LogP contribution in [-0.2, 0) is 22.4 Å². The molecule has 1 heterocycles. The summed E-state index contributed by atoms with van der Waals surface area (Å²) >= 11 is 5.54. The third-order valence-electron chi connectivity index (χ3n) is 4.88. The minimum Gasteiger partial charge on any atom is -0.274 e. The normalized spacial score (nSPS) is 15.5. The predicted molar refractivity (Wildman–Crippen MR) is 104 cm³/mol. The lowest BCUT2D eigenvalue weighted by molar-refractivity contribution is -0.189. The Morgan fingerprint density at radius 2 is 1.27 bits per heavy atom. The molecule has 1 aliphatic rings. The van der Waals surface area contributed by atoms with Crippen molar-refractivity contribution in [2.24, 2.45) is 0 Å². The van der Waals surface area contributed by atoms with Crippen LogP contribution in [0.3, 0.4) is 0 Å². The Balaban J connectivity index is 1.90. The second kappa shape index (κ2) is 8.69. The van der Waals surface area contributed by atoms with Crippen molar-refractivity contribution in [1.82, 2.24) is 9.80 Å². The van der Waals surface area contributed by atoms with Crippen LogP contribution in [-0.4, -0.2) is 39.7 Å². The van der Waals surface area contributed by atoms with Gasteiger partial charge in [-0.25, -0.2) is 23.4 Å². The Morgan fingerprint density at radius 3 is 1.73 bits per heavy atom. The van der Waals surface area contributed by atoms with E-state index in [2.05, 4.69) is 0 Å². The summed E-state index contributed by atoms with van der Waals surface area (Å²) < 4.78 is 86.2. The van der Waals surface area contributed by atoms with Crippen molar-refractivity contribution in [3.8, 4) is 0 Å². The fourth-order valence-electron chi connectivity index (χ4n) is 3.36. The Labute approximate surface area is 188 Å². The second-order valence-electron chi connectivity index (χ2n) is 7.43. The first kappa shape index (κ1) is 24.6. The van der Waals surface area contributed by atoms with Crippen molar-refractivity contribution >= 4 is 29.4 Å². The Morgan fingerprint density at radius 1 is 0.818 bits per heavy atom. The van der Waals surface area contributed by atoms with Gasteiger partial charge in [-0.3, -0.25) is 9.59 Å². The first-order valence-electron chi connectivity index (χ1n) is 9.37. The van der Waals surface area contributed by atoms with E-state index in [1.54, 1.807) is 0 Å². The van der Waals surface area contributed by atoms with Crippen molar-refractivity contribution in [3.63, 3.8) is 0 Å². The number of halogens is 7. The summed E-state index contributed by atoms with van der Waals surface area (Å²) in [6, 6.07) is -5.37. The molecule has 0 saturated carbocycles. The molecule has 0 bridgehead atoms. The largest absolute Gasteiger partial charge is 0.342 e. The zero-order chi connectivity index (χ0) is 24.7. The van der Waals surface area contributed by atoms with Gasteiger partial charge >= 0.3 is 18.1 Å². The highest BCUT2D eigenvalue weighted by Crippen LogP contribution is 2.35. The Bertz CT molecular complexity index is 1060. The van der Waals surface area contributed by atoms with E-state index in [4.69, 9.17) is 11.6 Å². The van der Waals surface area contributed by atoms with Gasteiger partial charge in [0.2, 0.25) is 11.8 Å². The highest BCUT2D eigenvalue weighted by Gasteiger charge is 2.57. The topological polar surface area (TPSA) is 57.7 Å². The van der Waals surface area contributed by atoms with Gasteiger partial charge in [0.05, 0.1) is 17.9 Å². The lowest BCUT2D eigenvalue weighted by Gasteiger charge is -2.39. The van der Waals surface area contributed by atoms with Crippen LogP contribution in [0.5, 0.6) is 0 Å². The second-order valence-corrected chi connectivity index (χ2v) is 7.84. The molecular formula is C21H15ClF6N2O3. The van der Waals surface area contributed by atoms with Crippen molar-refractivity contribution in [2.45, 2.75) is 38.3 Å². The SMILES string of the molecule is Cc1cc(CC(F)(F)N2C(=O)CC(=O)N(C(F)(F)Cc3ccc(F)c(Cl)c3)C2=O)ccc1F. The maximum absolute atomic E-state index is 14.9. The molecule has 0 N–H and O–H groups in total. The highest BCUT2D eigenvalue weighted by molar-refractivity contribution is 6.30. The van der Waals surface area contributed by atoms with Crippen molar-refractivity contribution in [2.75, 3.05) is 0 Å². The van der Waals surface area contributed by atoms with Gasteiger partial charge in [-0.05, 0) is 41.8 Å². The summed E-state index contributed by atoms with van der Waals surface area (Å²) in [5.74, 6) is -4.91. The van der Waals surface area contributed by atoms with Gasteiger partial charge in [-0.15, -0.1) is 0 Å². The van der Waals surface area contributed by atoms with E-state index in [0.29, 0.717) is 0 Å². The summed E-state index contributed by atoms with van der Waals surface area (Å²) in [6.07, 6.45) is -4.04. The molecule has 1 saturated heterocycles. The molecule has 5 nitrogen and oxygen atoms in total. The minimum absolute atomic E-state index is 0.0147. The smallest absolute Gasteiger partial charge is 0.274 e. The van der Waals surface area contributed by atoms with Crippen LogP contribution in [0, 0.1) is 18.6 Å². The van der Waals surface area contributed by atoms with E-state index < -0.39 is 75.7 Å². The average molecular weight is 493 g/mol. The molecule has 0 aromatic heterocycles. The molecule has 33 heavy (non-hydrogen) atoms. The molecule has 3 rings (SSSR count). The van der Waals surface area contributed by atoms with E-state index in [0.717, 1.165) is 36.4 Å². The maximum atomic E-state index is 14.9. The highest BCUT2D eigenvalue weighted by atomic mass is 35.5. The van der Waals surface area contributed by atoms with Crippen LogP contribution in [0.15, 0.2) is 36.4 Å². The third-order valence-corrected chi connectivity index (χ3v) is 5.17. The quantitative estimate of drug-likeness (QED) is 0.321. The lowest BCUT2D eigenvalue weighted by atomic mass is 10.1. The van der Waals surface area contributed by atoms with E-state index >= 15 is 0 Å². The number of carbonyl (C=O) groups excluding carboxylic acids is 3. The van der Waals surface area contributed by atoms with Crippen LogP contribution in [0.1, 0.15) is 23.1 Å². The number of amides is 4. The number of hydrogen-bond acceptors (Lipinski definition) is 3. The number of imide groups is 2. The Kier molecular flexibility index (Phi) is 6.47. The number of alkyl halides is 4.